The molecule has 1 atom stereocenters. The number of nitrogens with zero attached hydrogens (tertiary/aromatic N) is 3. The van der Waals surface area contributed by atoms with Crippen molar-refractivity contribution in [3.05, 3.63) is 112 Å². The van der Waals surface area contributed by atoms with Gasteiger partial charge in [-0.2, -0.15) is 26.3 Å². The topological polar surface area (TPSA) is 92.3 Å². The average Bonchev–Trinajstić information content (AvgIpc) is 3.62. The summed E-state index contributed by atoms with van der Waals surface area (Å²) < 4.78 is 115. The number of hydrogen-bond donors (Lipinski definition) is 1. The smallest absolute Gasteiger partial charge is 0.330 e. The van der Waals surface area contributed by atoms with Crippen molar-refractivity contribution in [3.63, 3.8) is 0 Å². The Morgan fingerprint density at radius 2 is 1.42 bits per heavy atom. The highest BCUT2D eigenvalue weighted by Gasteiger charge is 2.45. The predicted molar refractivity (Wildman–Crippen MR) is 149 cm³/mol. The van der Waals surface area contributed by atoms with Crippen molar-refractivity contribution >= 4 is 21.3 Å². The van der Waals surface area contributed by atoms with E-state index in [9.17, 15) is 39.6 Å². The van der Waals surface area contributed by atoms with Gasteiger partial charge in [-0.1, -0.05) is 36.4 Å². The number of aromatic nitrogens is 2. The van der Waals surface area contributed by atoms with Crippen molar-refractivity contribution in [1.82, 2.24) is 20.2 Å². The number of allylic oxidation sites excluding steroid dienone is 2. The number of nitrogens with one attached hydrogen (secondary N) is 1. The number of fused-ring (bicyclic) bond motifs is 2. The van der Waals surface area contributed by atoms with E-state index in [0.717, 1.165) is 36.2 Å². The minimum Gasteiger partial charge on any atom is -0.330 e. The molecule has 238 valence electrons. The van der Waals surface area contributed by atoms with Crippen LogP contribution in [0.4, 0.5) is 30.7 Å². The Morgan fingerprint density at radius 1 is 0.867 bits per heavy atom. The molecule has 1 N–H and O–H groups in total. The normalized spacial score (nSPS) is 19.6. The van der Waals surface area contributed by atoms with Crippen molar-refractivity contribution in [1.29, 1.82) is 0 Å². The van der Waals surface area contributed by atoms with Crippen LogP contribution in [0.3, 0.4) is 0 Å². The number of sulfone groups is 1. The number of pyridine rings is 2. The highest BCUT2D eigenvalue weighted by atomic mass is 32.2. The van der Waals surface area contributed by atoms with E-state index in [1.54, 1.807) is 30.3 Å². The number of alkyl halides is 7. The highest BCUT2D eigenvalue weighted by Crippen LogP contribution is 2.40. The first kappa shape index (κ1) is 32.3. The lowest BCUT2D eigenvalue weighted by Gasteiger charge is -2.28. The van der Waals surface area contributed by atoms with Gasteiger partial charge in [-0.15, -0.1) is 0 Å². The lowest BCUT2D eigenvalue weighted by molar-refractivity contribution is -0.142. The Morgan fingerprint density at radius 3 is 2.02 bits per heavy atom. The molecule has 3 aromatic rings. The van der Waals surface area contributed by atoms with Crippen molar-refractivity contribution in [3.8, 4) is 0 Å². The Kier molecular flexibility index (Phi) is 8.38. The van der Waals surface area contributed by atoms with Gasteiger partial charge < -0.3 is 10.2 Å². The average molecular weight is 655 g/mol. The minimum absolute atomic E-state index is 0.00719. The zero-order chi connectivity index (χ0) is 32.8. The summed E-state index contributed by atoms with van der Waals surface area (Å²) >= 11 is 0. The molecule has 0 spiro atoms. The third-order valence-electron chi connectivity index (χ3n) is 7.59. The zero-order valence-corrected chi connectivity index (χ0v) is 24.3. The van der Waals surface area contributed by atoms with Crippen molar-refractivity contribution in [2.45, 2.75) is 50.0 Å². The Labute approximate surface area is 253 Å². The Balaban J connectivity index is 0.000000256. The maximum Gasteiger partial charge on any atom is 0.433 e. The van der Waals surface area contributed by atoms with Gasteiger partial charge in [0, 0.05) is 56.8 Å². The molecule has 6 rings (SSSR count). The van der Waals surface area contributed by atoms with Gasteiger partial charge in [-0.05, 0) is 51.6 Å². The second-order valence-electron chi connectivity index (χ2n) is 10.8. The van der Waals surface area contributed by atoms with Crippen LogP contribution >= 0.6 is 0 Å². The fraction of sp³-hybridized carbons (Fsp3) is 0.300. The second kappa shape index (κ2) is 11.7. The van der Waals surface area contributed by atoms with Gasteiger partial charge in [0.05, 0.1) is 0 Å². The Bertz CT molecular complexity index is 1810. The molecule has 1 amide bonds. The molecule has 0 radical (unpaired) electrons. The van der Waals surface area contributed by atoms with Gasteiger partial charge in [0.2, 0.25) is 5.00 Å². The standard InChI is InChI=1S/C22H18F4N2O3S.C8H7F3N2/c1-32(30,31)21(23)8-7-17(14-5-3-2-4-6-14)18(10-21)20(29)28-12-15-9-19(22(24,25)26)27-11-16(15)13-28;9-8(10,11)7-1-5-2-12-3-6(5)4-13-7/h2-9,11H,10,12-13H2,1H3;1,4,12H,2-3H2. The van der Waals surface area contributed by atoms with Crippen LogP contribution in [0, 0.1) is 0 Å². The van der Waals surface area contributed by atoms with Crippen LogP contribution in [0.25, 0.3) is 5.57 Å². The molecule has 0 saturated carbocycles. The van der Waals surface area contributed by atoms with E-state index in [0.29, 0.717) is 40.9 Å². The van der Waals surface area contributed by atoms with E-state index in [4.69, 9.17) is 0 Å². The molecule has 2 aliphatic heterocycles. The zero-order valence-electron chi connectivity index (χ0n) is 23.5. The quantitative estimate of drug-likeness (QED) is 0.361. The first-order valence-electron chi connectivity index (χ1n) is 13.4. The van der Waals surface area contributed by atoms with E-state index >= 15 is 4.39 Å². The highest BCUT2D eigenvalue weighted by molar-refractivity contribution is 7.92. The summed E-state index contributed by atoms with van der Waals surface area (Å²) in [5.74, 6) is -0.636. The molecule has 1 aromatic carbocycles. The van der Waals surface area contributed by atoms with E-state index in [2.05, 4.69) is 15.3 Å². The second-order valence-corrected chi connectivity index (χ2v) is 13.0. The number of hydrogen-bond acceptors (Lipinski definition) is 6. The molecule has 0 fully saturated rings. The number of benzene rings is 1. The van der Waals surface area contributed by atoms with E-state index in [-0.39, 0.29) is 18.7 Å². The fourth-order valence-electron chi connectivity index (χ4n) is 5.14. The van der Waals surface area contributed by atoms with Gasteiger partial charge in [0.25, 0.3) is 5.91 Å². The lowest BCUT2D eigenvalue weighted by atomic mass is 9.90. The number of amides is 1. The van der Waals surface area contributed by atoms with E-state index < -0.39 is 50.9 Å². The summed E-state index contributed by atoms with van der Waals surface area (Å²) in [6, 6.07) is 10.6. The maximum atomic E-state index is 15.3. The monoisotopic (exact) mass is 654 g/mol. The number of halogens is 7. The Hall–Kier alpha value is -4.11. The SMILES string of the molecule is CS(=O)(=O)C1(F)C=CC(c2ccccc2)=C(C(=O)N2Cc3cnc(C(F)(F)F)cc3C2)C1.FC(F)(F)c1cc2c(cn1)CNC2. The van der Waals surface area contributed by atoms with Crippen molar-refractivity contribution in [2.24, 2.45) is 0 Å². The van der Waals surface area contributed by atoms with Crippen molar-refractivity contribution in [2.75, 3.05) is 6.26 Å². The minimum atomic E-state index is -4.62. The lowest BCUT2D eigenvalue weighted by Crippen LogP contribution is -2.37. The molecule has 15 heteroatoms. The molecule has 3 aliphatic rings. The fourth-order valence-corrected chi connectivity index (χ4v) is 5.87. The molecule has 4 heterocycles. The molecular formula is C30H25F7N4O3S. The van der Waals surface area contributed by atoms with Crippen LogP contribution in [0.1, 0.15) is 45.6 Å². The van der Waals surface area contributed by atoms with E-state index in [1.165, 1.54) is 17.2 Å². The molecule has 0 bridgehead atoms. The number of carbonyl (C=O) groups is 1. The van der Waals surface area contributed by atoms with Crippen LogP contribution < -0.4 is 5.32 Å². The van der Waals surface area contributed by atoms with Crippen LogP contribution in [0.5, 0.6) is 0 Å². The van der Waals surface area contributed by atoms with Gasteiger partial charge in [0.1, 0.15) is 11.4 Å². The van der Waals surface area contributed by atoms with Crippen LogP contribution in [0.2, 0.25) is 0 Å². The first-order chi connectivity index (χ1) is 21.0. The molecule has 7 nitrogen and oxygen atoms in total. The maximum absolute atomic E-state index is 15.3. The summed E-state index contributed by atoms with van der Waals surface area (Å²) in [7, 11) is -4.19. The summed E-state index contributed by atoms with van der Waals surface area (Å²) in [6.45, 7) is 0.987. The van der Waals surface area contributed by atoms with Crippen LogP contribution in [-0.4, -0.2) is 40.4 Å². The van der Waals surface area contributed by atoms with Crippen molar-refractivity contribution < 1.29 is 43.9 Å². The summed E-state index contributed by atoms with van der Waals surface area (Å²) in [4.78, 5) is 21.4. The van der Waals surface area contributed by atoms with Crippen LogP contribution in [0.15, 0.2) is 72.6 Å². The van der Waals surface area contributed by atoms with Gasteiger partial charge in [-0.3, -0.25) is 14.8 Å². The molecule has 0 saturated heterocycles. The largest absolute Gasteiger partial charge is 0.433 e. The van der Waals surface area contributed by atoms with Gasteiger partial charge >= 0.3 is 12.4 Å². The molecular weight excluding hydrogens is 629 g/mol. The first-order valence-corrected chi connectivity index (χ1v) is 15.3. The van der Waals surface area contributed by atoms with Gasteiger partial charge in [0.15, 0.2) is 9.84 Å². The van der Waals surface area contributed by atoms with Gasteiger partial charge in [-0.25, -0.2) is 12.8 Å². The third-order valence-corrected chi connectivity index (χ3v) is 9.10. The predicted octanol–water partition coefficient (Wildman–Crippen LogP) is 5.77. The molecule has 2 aromatic heterocycles. The number of carbonyl (C=O) groups excluding carboxylic acids is 1. The molecule has 1 aliphatic carbocycles. The molecule has 45 heavy (non-hydrogen) atoms. The summed E-state index contributed by atoms with van der Waals surface area (Å²) in [5, 5.41) is 0.203. The molecule has 1 unspecified atom stereocenters. The third kappa shape index (κ3) is 6.78. The summed E-state index contributed by atoms with van der Waals surface area (Å²) in [5.41, 5.74) is 1.35. The van der Waals surface area contributed by atoms with Crippen LogP contribution in [-0.2, 0) is 53.2 Å². The van der Waals surface area contributed by atoms with E-state index in [1.807, 2.05) is 0 Å². The number of rotatable bonds is 3. The summed E-state index contributed by atoms with van der Waals surface area (Å²) in [6.07, 6.45) is -4.32.